The first kappa shape index (κ1) is 24.2. The van der Waals surface area contributed by atoms with Crippen molar-refractivity contribution in [3.8, 4) is 11.8 Å². The van der Waals surface area contributed by atoms with Crippen LogP contribution in [0.15, 0.2) is 60.7 Å². The van der Waals surface area contributed by atoms with Gasteiger partial charge in [-0.05, 0) is 60.7 Å². The minimum atomic E-state index is -0.880. The van der Waals surface area contributed by atoms with Crippen molar-refractivity contribution in [2.75, 3.05) is 13.2 Å². The second-order valence-corrected chi connectivity index (χ2v) is 8.92. The molecular weight excluding hydrogens is 416 g/mol. The number of aryl methyl sites for hydroxylation is 1. The summed E-state index contributed by atoms with van der Waals surface area (Å²) in [6, 6.07) is 21.8. The third kappa shape index (κ3) is 7.31. The van der Waals surface area contributed by atoms with Gasteiger partial charge in [0.2, 0.25) is 0 Å². The molecule has 0 bridgehead atoms. The average molecular weight is 447 g/mol. The van der Waals surface area contributed by atoms with Crippen molar-refractivity contribution in [1.82, 2.24) is 5.32 Å². The van der Waals surface area contributed by atoms with Gasteiger partial charge in [0.1, 0.15) is 24.5 Å². The molecule has 0 aliphatic rings. The second-order valence-electron chi connectivity index (χ2n) is 8.92. The monoisotopic (exact) mass is 446 g/mol. The van der Waals surface area contributed by atoms with E-state index in [1.165, 1.54) is 16.3 Å². The molecular formula is C27H30N2O4. The lowest BCUT2D eigenvalue weighted by molar-refractivity contribution is -0.136. The van der Waals surface area contributed by atoms with Crippen LogP contribution in [0, 0.1) is 11.3 Å². The fourth-order valence-electron chi connectivity index (χ4n) is 3.75. The molecule has 0 fully saturated rings. The van der Waals surface area contributed by atoms with Gasteiger partial charge in [0.05, 0.1) is 5.56 Å². The summed E-state index contributed by atoms with van der Waals surface area (Å²) < 4.78 is 5.71. The Labute approximate surface area is 194 Å². The smallest absolute Gasteiger partial charge is 0.303 e. The van der Waals surface area contributed by atoms with Gasteiger partial charge in [-0.3, -0.25) is 4.79 Å². The molecule has 0 amide bonds. The zero-order valence-electron chi connectivity index (χ0n) is 19.0. The number of ether oxygens (including phenoxy) is 1. The average Bonchev–Trinajstić information content (AvgIpc) is 2.79. The van der Waals surface area contributed by atoms with Crippen LogP contribution < -0.4 is 10.1 Å². The Morgan fingerprint density at radius 2 is 1.82 bits per heavy atom. The van der Waals surface area contributed by atoms with E-state index in [1.54, 1.807) is 18.2 Å². The normalized spacial score (nSPS) is 12.3. The summed E-state index contributed by atoms with van der Waals surface area (Å²) in [7, 11) is 0. The minimum absolute atomic E-state index is 0.00414. The third-order valence-corrected chi connectivity index (χ3v) is 5.50. The highest BCUT2D eigenvalue weighted by atomic mass is 16.5. The lowest BCUT2D eigenvalue weighted by Gasteiger charge is -2.28. The van der Waals surface area contributed by atoms with Crippen LogP contribution in [-0.4, -0.2) is 41.0 Å². The van der Waals surface area contributed by atoms with Gasteiger partial charge in [0, 0.05) is 18.5 Å². The molecule has 3 N–H and O–H groups in total. The summed E-state index contributed by atoms with van der Waals surface area (Å²) in [4.78, 5) is 10.8. The number of carboxylic acids is 1. The van der Waals surface area contributed by atoms with Crippen molar-refractivity contribution in [3.63, 3.8) is 0 Å². The summed E-state index contributed by atoms with van der Waals surface area (Å²) in [5, 5.41) is 34.4. The van der Waals surface area contributed by atoms with E-state index in [1.807, 2.05) is 12.1 Å². The number of nitriles is 1. The highest BCUT2D eigenvalue weighted by Crippen LogP contribution is 2.22. The summed E-state index contributed by atoms with van der Waals surface area (Å²) in [5.41, 5.74) is 2.10. The number of fused-ring (bicyclic) bond motifs is 1. The van der Waals surface area contributed by atoms with Crippen LogP contribution in [0.2, 0.25) is 0 Å². The maximum atomic E-state index is 10.8. The number of aliphatic hydroxyl groups excluding tert-OH is 1. The highest BCUT2D eigenvalue weighted by Gasteiger charge is 2.20. The summed E-state index contributed by atoms with van der Waals surface area (Å²) in [5.74, 6) is -0.524. The van der Waals surface area contributed by atoms with E-state index < -0.39 is 12.1 Å². The Balaban J connectivity index is 1.53. The number of carbonyl (C=O) groups is 1. The Morgan fingerprint density at radius 1 is 1.09 bits per heavy atom. The molecule has 0 saturated carbocycles. The summed E-state index contributed by atoms with van der Waals surface area (Å²) in [6.07, 6.45) is 0.389. The predicted molar refractivity (Wildman–Crippen MR) is 128 cm³/mol. The number of hydrogen-bond donors (Lipinski definition) is 3. The fourth-order valence-corrected chi connectivity index (χ4v) is 3.75. The Bertz CT molecular complexity index is 1150. The molecule has 0 aliphatic carbocycles. The Hall–Kier alpha value is -3.40. The van der Waals surface area contributed by atoms with Crippen molar-refractivity contribution in [2.45, 2.75) is 44.8 Å². The second kappa shape index (κ2) is 11.0. The maximum Gasteiger partial charge on any atom is 0.303 e. The number of carboxylic acid groups (broad SMARTS) is 1. The molecule has 0 aromatic heterocycles. The summed E-state index contributed by atoms with van der Waals surface area (Å²) >= 11 is 0. The topological polar surface area (TPSA) is 103 Å². The first-order chi connectivity index (χ1) is 15.8. The number of β-amino-alcohol motifs (C(OH)–C–C–N with tert-alkyl or cyclic N) is 1. The number of nitrogens with one attached hydrogen (secondary N) is 1. The molecule has 172 valence electrons. The van der Waals surface area contributed by atoms with Gasteiger partial charge in [-0.25, -0.2) is 0 Å². The molecule has 0 spiro atoms. The number of aliphatic hydroxyl groups is 1. The Morgan fingerprint density at radius 3 is 2.55 bits per heavy atom. The first-order valence-corrected chi connectivity index (χ1v) is 11.0. The zero-order valence-corrected chi connectivity index (χ0v) is 19.0. The molecule has 0 aliphatic heterocycles. The van der Waals surface area contributed by atoms with E-state index in [2.05, 4.69) is 55.6 Å². The number of benzene rings is 3. The van der Waals surface area contributed by atoms with Gasteiger partial charge in [-0.2, -0.15) is 5.26 Å². The zero-order chi connectivity index (χ0) is 23.8. The van der Waals surface area contributed by atoms with E-state index in [4.69, 9.17) is 9.84 Å². The van der Waals surface area contributed by atoms with Crippen LogP contribution in [0.1, 0.15) is 37.0 Å². The standard InChI is InChI=1S/C27H30N2O4/c1-27(2,15-20-8-10-21-5-3-4-6-22(21)13-20)29-17-24(30)18-33-25-14-19(9-12-26(31)32)7-11-23(25)16-28/h3-8,10-11,13-14,24,29-30H,9,12,15,17-18H2,1-2H3,(H,31,32)/t24-/m1/s1. The van der Waals surface area contributed by atoms with Crippen LogP contribution in [0.3, 0.4) is 0 Å². The Kier molecular flexibility index (Phi) is 8.05. The van der Waals surface area contributed by atoms with Crippen molar-refractivity contribution in [3.05, 3.63) is 77.4 Å². The van der Waals surface area contributed by atoms with Crippen LogP contribution >= 0.6 is 0 Å². The molecule has 3 aromatic carbocycles. The van der Waals surface area contributed by atoms with E-state index in [0.717, 1.165) is 12.0 Å². The molecule has 3 aromatic rings. The van der Waals surface area contributed by atoms with Crippen LogP contribution in [0.25, 0.3) is 10.8 Å². The number of rotatable bonds is 11. The van der Waals surface area contributed by atoms with E-state index in [0.29, 0.717) is 24.3 Å². The van der Waals surface area contributed by atoms with Gasteiger partial charge < -0.3 is 20.3 Å². The van der Waals surface area contributed by atoms with Crippen LogP contribution in [0.4, 0.5) is 0 Å². The number of aliphatic carboxylic acids is 1. The molecule has 6 heteroatoms. The van der Waals surface area contributed by atoms with Crippen molar-refractivity contribution < 1.29 is 19.7 Å². The van der Waals surface area contributed by atoms with Gasteiger partial charge in [0.25, 0.3) is 0 Å². The molecule has 33 heavy (non-hydrogen) atoms. The minimum Gasteiger partial charge on any atom is -0.489 e. The van der Waals surface area contributed by atoms with Gasteiger partial charge in [0.15, 0.2) is 0 Å². The quantitative estimate of drug-likeness (QED) is 0.410. The number of nitrogens with zero attached hydrogens (tertiary/aromatic N) is 1. The molecule has 1 atom stereocenters. The molecule has 3 rings (SSSR count). The molecule has 0 saturated heterocycles. The predicted octanol–water partition coefficient (Wildman–Crippen LogP) is 4.08. The van der Waals surface area contributed by atoms with Crippen molar-refractivity contribution in [1.29, 1.82) is 5.26 Å². The van der Waals surface area contributed by atoms with Crippen molar-refractivity contribution in [2.24, 2.45) is 0 Å². The molecule has 0 radical (unpaired) electrons. The van der Waals surface area contributed by atoms with Gasteiger partial charge in [-0.15, -0.1) is 0 Å². The van der Waals surface area contributed by atoms with Gasteiger partial charge in [-0.1, -0.05) is 48.5 Å². The lowest BCUT2D eigenvalue weighted by Crippen LogP contribution is -2.46. The van der Waals surface area contributed by atoms with Crippen LogP contribution in [0.5, 0.6) is 5.75 Å². The number of hydrogen-bond acceptors (Lipinski definition) is 5. The fraction of sp³-hybridized carbons (Fsp3) is 0.333. The SMILES string of the molecule is CC(C)(Cc1ccc2ccccc2c1)NC[C@@H](O)COc1cc(CCC(=O)O)ccc1C#N. The largest absolute Gasteiger partial charge is 0.489 e. The summed E-state index contributed by atoms with van der Waals surface area (Å²) in [6.45, 7) is 4.54. The third-order valence-electron chi connectivity index (χ3n) is 5.50. The van der Waals surface area contributed by atoms with E-state index in [9.17, 15) is 15.2 Å². The molecule has 6 nitrogen and oxygen atoms in total. The molecule has 0 heterocycles. The maximum absolute atomic E-state index is 10.8. The van der Waals surface area contributed by atoms with E-state index in [-0.39, 0.29) is 18.6 Å². The first-order valence-electron chi connectivity index (χ1n) is 11.0. The molecule has 0 unspecified atom stereocenters. The van der Waals surface area contributed by atoms with Crippen LogP contribution in [-0.2, 0) is 17.6 Å². The van der Waals surface area contributed by atoms with Gasteiger partial charge >= 0.3 is 5.97 Å². The highest BCUT2D eigenvalue weighted by molar-refractivity contribution is 5.83. The van der Waals surface area contributed by atoms with E-state index >= 15 is 0 Å². The van der Waals surface area contributed by atoms with Crippen molar-refractivity contribution >= 4 is 16.7 Å². The lowest BCUT2D eigenvalue weighted by atomic mass is 9.93.